The van der Waals surface area contributed by atoms with E-state index < -0.39 is 0 Å². The molecule has 0 N–H and O–H groups in total. The van der Waals surface area contributed by atoms with Crippen LogP contribution in [0, 0.1) is 0 Å². The van der Waals surface area contributed by atoms with E-state index in [-0.39, 0.29) is 25.3 Å². The van der Waals surface area contributed by atoms with Crippen LogP contribution in [0.2, 0.25) is 5.28 Å². The van der Waals surface area contributed by atoms with E-state index in [1.807, 2.05) is 0 Å². The van der Waals surface area contributed by atoms with Crippen molar-refractivity contribution < 1.29 is 9.47 Å². The van der Waals surface area contributed by atoms with Gasteiger partial charge < -0.3 is 9.47 Å². The summed E-state index contributed by atoms with van der Waals surface area (Å²) in [4.78, 5) is 0. The van der Waals surface area contributed by atoms with Gasteiger partial charge in [0.1, 0.15) is 0 Å². The van der Waals surface area contributed by atoms with Gasteiger partial charge in [0.15, 0.2) is 0 Å². The van der Waals surface area contributed by atoms with Crippen molar-refractivity contribution in [1.82, 2.24) is 0 Å². The van der Waals surface area contributed by atoms with Crippen molar-refractivity contribution in [3.63, 3.8) is 0 Å². The Morgan fingerprint density at radius 1 is 1.00 bits per heavy atom. The molecule has 2 unspecified atom stereocenters. The van der Waals surface area contributed by atoms with Crippen molar-refractivity contribution >= 4 is 15.2 Å². The second-order valence-corrected chi connectivity index (χ2v) is 8.23. The van der Waals surface area contributed by atoms with Crippen molar-refractivity contribution in [2.45, 2.75) is 67.7 Å². The Kier molecular flexibility index (Phi) is 4.35. The Hall–Kier alpha value is 0.452. The van der Waals surface area contributed by atoms with Gasteiger partial charge in [-0.25, -0.2) is 0 Å². The number of ether oxygens (including phenoxy) is 2. The first-order valence-corrected chi connectivity index (χ1v) is 8.71. The zero-order chi connectivity index (χ0) is 11.5. The molecule has 0 aromatic heterocycles. The lowest BCUT2D eigenvalue weighted by Crippen LogP contribution is -2.61. The molecule has 0 aromatic carbocycles. The fourth-order valence-corrected chi connectivity index (χ4v) is 5.83. The van der Waals surface area contributed by atoms with E-state index in [1.54, 1.807) is 0 Å². The molecule has 2 aliphatic rings. The first kappa shape index (κ1) is 12.9. The summed E-state index contributed by atoms with van der Waals surface area (Å²) in [6.45, 7) is 6.55. The third-order valence-electron chi connectivity index (χ3n) is 4.44. The summed E-state index contributed by atoms with van der Waals surface area (Å²) in [7, 11) is 0. The molecule has 92 valence electrons. The van der Waals surface area contributed by atoms with Gasteiger partial charge in [0, 0.05) is 17.7 Å². The van der Waals surface area contributed by atoms with Crippen LogP contribution in [-0.2, 0) is 9.47 Å². The number of hydrogen-bond acceptors (Lipinski definition) is 2. The molecule has 2 nitrogen and oxygen atoms in total. The average molecular weight is 240 g/mol. The molecule has 2 fully saturated rings. The van der Waals surface area contributed by atoms with Gasteiger partial charge in [-0.15, -0.1) is 0 Å². The number of hydrogen-bond donors (Lipinski definition) is 0. The van der Waals surface area contributed by atoms with Gasteiger partial charge >= 0.3 is 0 Å². The highest BCUT2D eigenvalue weighted by Crippen LogP contribution is 2.42. The van der Waals surface area contributed by atoms with Crippen LogP contribution in [0.25, 0.3) is 0 Å². The van der Waals surface area contributed by atoms with Gasteiger partial charge in [0.25, 0.3) is 15.2 Å². The first-order valence-electron chi connectivity index (χ1n) is 7.00. The van der Waals surface area contributed by atoms with Crippen molar-refractivity contribution in [1.29, 1.82) is 0 Å². The maximum Gasteiger partial charge on any atom is 0.292 e. The Morgan fingerprint density at radius 3 is 2.19 bits per heavy atom. The standard InChI is InChI=1S/C11H19O2.C2H5.Al.H/c1-11(7-3-5-9-13-11)10-6-2-4-8-12-10;1-2;;/h2-9H2,1H3;1H2,2H3;;. The Labute approximate surface area is 106 Å². The zero-order valence-corrected chi connectivity index (χ0v) is 12.3. The highest BCUT2D eigenvalue weighted by molar-refractivity contribution is 6.40. The molecule has 0 aliphatic carbocycles. The molecule has 3 heteroatoms. The van der Waals surface area contributed by atoms with Crippen LogP contribution in [0.5, 0.6) is 0 Å². The molecule has 0 aromatic rings. The van der Waals surface area contributed by atoms with Crippen LogP contribution in [-0.4, -0.2) is 38.5 Å². The first-order chi connectivity index (χ1) is 7.72. The van der Waals surface area contributed by atoms with Crippen LogP contribution >= 0.6 is 0 Å². The topological polar surface area (TPSA) is 18.5 Å². The normalized spacial score (nSPS) is 40.6. The minimum absolute atomic E-state index is 0.0356. The summed E-state index contributed by atoms with van der Waals surface area (Å²) in [5.41, 5.74) is 0.0356. The molecule has 16 heavy (non-hydrogen) atoms. The summed E-state index contributed by atoms with van der Waals surface area (Å²) < 4.78 is 12.6. The molecule has 0 radical (unpaired) electrons. The van der Waals surface area contributed by atoms with Gasteiger partial charge in [-0.05, 0) is 45.4 Å². The summed E-state index contributed by atoms with van der Waals surface area (Å²) in [6.07, 6.45) is 7.60. The molecule has 0 bridgehead atoms. The Bertz CT molecular complexity index is 212. The Balaban J connectivity index is 2.15. The minimum atomic E-state index is -0.180. The van der Waals surface area contributed by atoms with E-state index >= 15 is 0 Å². The molecule has 2 aliphatic heterocycles. The molecule has 0 saturated carbocycles. The van der Waals surface area contributed by atoms with E-state index in [0.717, 1.165) is 13.2 Å². The second-order valence-electron chi connectivity index (χ2n) is 5.59. The molecule has 2 heterocycles. The van der Waals surface area contributed by atoms with Crippen LogP contribution < -0.4 is 0 Å². The quantitative estimate of drug-likeness (QED) is 0.706. The lowest BCUT2D eigenvalue weighted by Gasteiger charge is -2.52. The van der Waals surface area contributed by atoms with E-state index in [9.17, 15) is 0 Å². The Morgan fingerprint density at radius 2 is 1.69 bits per heavy atom. The van der Waals surface area contributed by atoms with Crippen molar-refractivity contribution in [2.75, 3.05) is 13.2 Å². The predicted octanol–water partition coefficient (Wildman–Crippen LogP) is 2.72. The van der Waals surface area contributed by atoms with Crippen molar-refractivity contribution in [2.24, 2.45) is 0 Å². The van der Waals surface area contributed by atoms with Crippen LogP contribution in [0.1, 0.15) is 52.4 Å². The SMILES string of the molecule is C[CH2][AlH][C]1(C2(C)CCCCO2)CCCCO1. The van der Waals surface area contributed by atoms with Gasteiger partial charge in [0.2, 0.25) is 0 Å². The maximum absolute atomic E-state index is 6.29. The molecular formula is C13H25AlO2. The maximum atomic E-state index is 6.29. The number of rotatable bonds is 3. The average Bonchev–Trinajstić information content (AvgIpc) is 2.31. The molecule has 0 spiro atoms. The monoisotopic (exact) mass is 240 g/mol. The lowest BCUT2D eigenvalue weighted by molar-refractivity contribution is -0.193. The smallest absolute Gasteiger partial charge is 0.292 e. The lowest BCUT2D eigenvalue weighted by atomic mass is 9.85. The van der Waals surface area contributed by atoms with Crippen LogP contribution in [0.4, 0.5) is 0 Å². The van der Waals surface area contributed by atoms with E-state index in [4.69, 9.17) is 9.47 Å². The zero-order valence-electron chi connectivity index (χ0n) is 10.9. The third-order valence-corrected chi connectivity index (χ3v) is 7.05. The van der Waals surface area contributed by atoms with Gasteiger partial charge in [-0.2, -0.15) is 0 Å². The highest BCUT2D eigenvalue weighted by atomic mass is 27.1. The largest absolute Gasteiger partial charge is 0.388 e. The van der Waals surface area contributed by atoms with Gasteiger partial charge in [-0.1, -0.05) is 12.2 Å². The molecule has 2 atom stereocenters. The third kappa shape index (κ3) is 2.34. The van der Waals surface area contributed by atoms with Crippen LogP contribution in [0.15, 0.2) is 0 Å². The summed E-state index contributed by atoms with van der Waals surface area (Å²) >= 11 is -0.180. The molecule has 2 rings (SSSR count). The van der Waals surface area contributed by atoms with Crippen molar-refractivity contribution in [3.05, 3.63) is 0 Å². The molecular weight excluding hydrogens is 215 g/mol. The minimum Gasteiger partial charge on any atom is -0.388 e. The van der Waals surface area contributed by atoms with Crippen molar-refractivity contribution in [3.8, 4) is 0 Å². The molecule has 0 amide bonds. The van der Waals surface area contributed by atoms with Crippen LogP contribution in [0.3, 0.4) is 0 Å². The fourth-order valence-electron chi connectivity index (χ4n) is 3.43. The van der Waals surface area contributed by atoms with Gasteiger partial charge in [-0.3, -0.25) is 0 Å². The summed E-state index contributed by atoms with van der Waals surface area (Å²) in [6, 6.07) is 0. The van der Waals surface area contributed by atoms with E-state index in [2.05, 4.69) is 13.8 Å². The fraction of sp³-hybridized carbons (Fsp3) is 1.00. The van der Waals surface area contributed by atoms with Gasteiger partial charge in [0.05, 0.1) is 5.60 Å². The summed E-state index contributed by atoms with van der Waals surface area (Å²) in [5, 5.41) is 1.33. The molecule has 2 saturated heterocycles. The second kappa shape index (κ2) is 5.40. The van der Waals surface area contributed by atoms with E-state index in [1.165, 1.54) is 43.8 Å². The summed E-state index contributed by atoms with van der Waals surface area (Å²) in [5.74, 6) is 0. The van der Waals surface area contributed by atoms with E-state index in [0.29, 0.717) is 0 Å². The highest BCUT2D eigenvalue weighted by Gasteiger charge is 2.50. The predicted molar refractivity (Wildman–Crippen MR) is 68.4 cm³/mol.